The van der Waals surface area contributed by atoms with E-state index in [1.165, 1.54) is 29.7 Å². The van der Waals surface area contributed by atoms with Gasteiger partial charge in [0.15, 0.2) is 0 Å². The van der Waals surface area contributed by atoms with E-state index in [2.05, 4.69) is 35.0 Å². The third-order valence-corrected chi connectivity index (χ3v) is 8.09. The van der Waals surface area contributed by atoms with E-state index in [0.29, 0.717) is 18.9 Å². The Bertz CT molecular complexity index is 1060. The number of carbonyl (C=O) groups is 1. The van der Waals surface area contributed by atoms with E-state index in [1.54, 1.807) is 0 Å². The molecule has 4 nitrogen and oxygen atoms in total. The van der Waals surface area contributed by atoms with Gasteiger partial charge < -0.3 is 9.80 Å². The number of fused-ring (bicyclic) bond motifs is 1. The zero-order chi connectivity index (χ0) is 24.6. The second-order valence-corrected chi connectivity index (χ2v) is 10.3. The van der Waals surface area contributed by atoms with Crippen molar-refractivity contribution in [1.29, 1.82) is 0 Å². The van der Waals surface area contributed by atoms with Gasteiger partial charge in [-0.25, -0.2) is 0 Å². The predicted octanol–water partition coefficient (Wildman–Crippen LogP) is 5.87. The number of halogens is 3. The highest BCUT2D eigenvalue weighted by Crippen LogP contribution is 2.44. The molecular formula is C28H34F3N3O. The minimum atomic E-state index is -4.47. The molecule has 0 saturated carbocycles. The van der Waals surface area contributed by atoms with Crippen LogP contribution < -0.4 is 4.90 Å². The summed E-state index contributed by atoms with van der Waals surface area (Å²) in [4.78, 5) is 18.3. The molecule has 0 N–H and O–H groups in total. The average molecular weight is 486 g/mol. The molecule has 0 bridgehead atoms. The lowest BCUT2D eigenvalue weighted by molar-refractivity contribution is -0.137. The van der Waals surface area contributed by atoms with Crippen LogP contribution >= 0.6 is 0 Å². The van der Waals surface area contributed by atoms with Crippen LogP contribution in [0.3, 0.4) is 0 Å². The first-order chi connectivity index (χ1) is 16.8. The van der Waals surface area contributed by atoms with Gasteiger partial charge in [-0.05, 0) is 74.4 Å². The second-order valence-electron chi connectivity index (χ2n) is 10.3. The summed E-state index contributed by atoms with van der Waals surface area (Å²) in [5, 5.41) is 0. The summed E-state index contributed by atoms with van der Waals surface area (Å²) in [6, 6.07) is 10.6. The lowest BCUT2D eigenvalue weighted by Crippen LogP contribution is -2.46. The molecule has 3 aliphatic rings. The molecule has 1 aliphatic carbocycles. The van der Waals surface area contributed by atoms with Crippen molar-refractivity contribution in [3.63, 3.8) is 0 Å². The molecule has 2 fully saturated rings. The van der Waals surface area contributed by atoms with Gasteiger partial charge in [0, 0.05) is 44.3 Å². The summed E-state index contributed by atoms with van der Waals surface area (Å²) in [5.41, 5.74) is 3.57. The van der Waals surface area contributed by atoms with Crippen molar-refractivity contribution in [2.75, 3.05) is 44.7 Å². The van der Waals surface area contributed by atoms with E-state index in [0.717, 1.165) is 69.9 Å². The minimum absolute atomic E-state index is 0.125. The number of alkyl halides is 3. The highest BCUT2D eigenvalue weighted by molar-refractivity contribution is 5.78. The molecule has 5 rings (SSSR count). The summed E-state index contributed by atoms with van der Waals surface area (Å²) < 4.78 is 41.9. The molecule has 2 saturated heterocycles. The summed E-state index contributed by atoms with van der Waals surface area (Å²) >= 11 is 0. The number of piperidine rings is 1. The fourth-order valence-corrected chi connectivity index (χ4v) is 6.18. The van der Waals surface area contributed by atoms with Gasteiger partial charge in [-0.3, -0.25) is 9.69 Å². The van der Waals surface area contributed by atoms with Crippen LogP contribution in [0.2, 0.25) is 0 Å². The predicted molar refractivity (Wildman–Crippen MR) is 132 cm³/mol. The fraction of sp³-hybridized carbons (Fsp3) is 0.536. The molecule has 2 aromatic rings. The lowest BCUT2D eigenvalue weighted by atomic mass is 9.83. The van der Waals surface area contributed by atoms with Gasteiger partial charge in [0.05, 0.1) is 17.3 Å². The lowest BCUT2D eigenvalue weighted by Gasteiger charge is -2.42. The Balaban J connectivity index is 1.51. The van der Waals surface area contributed by atoms with Gasteiger partial charge in [-0.15, -0.1) is 0 Å². The molecule has 0 radical (unpaired) electrons. The first-order valence-corrected chi connectivity index (χ1v) is 12.8. The number of anilines is 1. The Morgan fingerprint density at radius 1 is 0.886 bits per heavy atom. The molecule has 7 heteroatoms. The average Bonchev–Trinajstić information content (AvgIpc) is 2.87. The van der Waals surface area contributed by atoms with Crippen LogP contribution in [-0.4, -0.2) is 55.9 Å². The van der Waals surface area contributed by atoms with Crippen molar-refractivity contribution in [3.8, 4) is 0 Å². The SMILES string of the molecule is CN1CCN(C2CCCc3ccc(C4CCCCN4c4cc(C=O)ccc4C(F)(F)F)cc32)CC1. The summed E-state index contributed by atoms with van der Waals surface area (Å²) in [7, 11) is 2.16. The Hall–Kier alpha value is -2.38. The number of carbonyl (C=O) groups excluding carboxylic acids is 1. The second kappa shape index (κ2) is 9.94. The molecule has 2 heterocycles. The van der Waals surface area contributed by atoms with Crippen LogP contribution in [0.5, 0.6) is 0 Å². The number of likely N-dealkylation sites (N-methyl/N-ethyl adjacent to an activating group) is 1. The van der Waals surface area contributed by atoms with E-state index < -0.39 is 11.7 Å². The number of hydrogen-bond donors (Lipinski definition) is 0. The number of nitrogens with zero attached hydrogens (tertiary/aromatic N) is 3. The summed E-state index contributed by atoms with van der Waals surface area (Å²) in [6.45, 7) is 4.78. The van der Waals surface area contributed by atoms with E-state index in [1.807, 2.05) is 4.90 Å². The zero-order valence-corrected chi connectivity index (χ0v) is 20.4. The van der Waals surface area contributed by atoms with Crippen LogP contribution in [0.25, 0.3) is 0 Å². The highest BCUT2D eigenvalue weighted by Gasteiger charge is 2.38. The van der Waals surface area contributed by atoms with Gasteiger partial charge in [-0.1, -0.05) is 24.3 Å². The molecule has 0 aromatic heterocycles. The van der Waals surface area contributed by atoms with Gasteiger partial charge in [0.2, 0.25) is 0 Å². The Morgan fingerprint density at radius 3 is 2.40 bits per heavy atom. The summed E-state index contributed by atoms with van der Waals surface area (Å²) in [5.74, 6) is 0. The Kier molecular flexibility index (Phi) is 6.91. The number of piperazine rings is 1. The number of benzene rings is 2. The van der Waals surface area contributed by atoms with Crippen LogP contribution in [0.1, 0.15) is 76.8 Å². The monoisotopic (exact) mass is 485 g/mol. The molecule has 0 spiro atoms. The normalized spacial score (nSPS) is 24.3. The Morgan fingerprint density at radius 2 is 1.66 bits per heavy atom. The third kappa shape index (κ3) is 4.98. The van der Waals surface area contributed by atoms with Crippen molar-refractivity contribution in [2.24, 2.45) is 0 Å². The first kappa shape index (κ1) is 24.3. The minimum Gasteiger partial charge on any atom is -0.364 e. The van der Waals surface area contributed by atoms with Gasteiger partial charge >= 0.3 is 6.18 Å². The maximum absolute atomic E-state index is 14.0. The van der Waals surface area contributed by atoms with Crippen molar-refractivity contribution >= 4 is 12.0 Å². The molecule has 0 amide bonds. The fourth-order valence-electron chi connectivity index (χ4n) is 6.18. The van der Waals surface area contributed by atoms with E-state index in [9.17, 15) is 18.0 Å². The molecule has 2 unspecified atom stereocenters. The third-order valence-electron chi connectivity index (χ3n) is 8.09. The zero-order valence-electron chi connectivity index (χ0n) is 20.4. The van der Waals surface area contributed by atoms with Gasteiger partial charge in [0.1, 0.15) is 6.29 Å². The van der Waals surface area contributed by atoms with Crippen LogP contribution in [0.15, 0.2) is 36.4 Å². The molecule has 35 heavy (non-hydrogen) atoms. The van der Waals surface area contributed by atoms with Crippen LogP contribution in [0.4, 0.5) is 18.9 Å². The van der Waals surface area contributed by atoms with Crippen molar-refractivity contribution in [3.05, 3.63) is 64.2 Å². The molecule has 2 atom stereocenters. The number of aryl methyl sites for hydroxylation is 1. The maximum Gasteiger partial charge on any atom is 0.418 e. The number of rotatable bonds is 4. The van der Waals surface area contributed by atoms with Gasteiger partial charge in [-0.2, -0.15) is 13.2 Å². The Labute approximate surface area is 205 Å². The smallest absolute Gasteiger partial charge is 0.364 e. The van der Waals surface area contributed by atoms with E-state index in [4.69, 9.17) is 0 Å². The molecule has 188 valence electrons. The standard InChI is InChI=1S/C28H34F3N3O/c1-32-13-15-33(16-14-32)26-7-4-5-21-9-10-22(18-23(21)26)25-6-2-3-12-34(25)27-17-20(19-35)8-11-24(27)28(29,30)31/h8-11,17-19,25-26H,2-7,12-16H2,1H3. The number of aldehydes is 1. The number of hydrogen-bond acceptors (Lipinski definition) is 4. The van der Waals surface area contributed by atoms with Crippen LogP contribution in [0, 0.1) is 0 Å². The molecular weight excluding hydrogens is 451 g/mol. The van der Waals surface area contributed by atoms with Gasteiger partial charge in [0.25, 0.3) is 0 Å². The largest absolute Gasteiger partial charge is 0.418 e. The van der Waals surface area contributed by atoms with Crippen LogP contribution in [-0.2, 0) is 12.6 Å². The van der Waals surface area contributed by atoms with E-state index >= 15 is 0 Å². The highest BCUT2D eigenvalue weighted by atomic mass is 19.4. The topological polar surface area (TPSA) is 26.8 Å². The van der Waals surface area contributed by atoms with Crippen molar-refractivity contribution in [1.82, 2.24) is 9.80 Å². The van der Waals surface area contributed by atoms with Crippen molar-refractivity contribution in [2.45, 2.75) is 56.8 Å². The van der Waals surface area contributed by atoms with Crippen molar-refractivity contribution < 1.29 is 18.0 Å². The molecule has 2 aliphatic heterocycles. The van der Waals surface area contributed by atoms with E-state index in [-0.39, 0.29) is 17.3 Å². The summed E-state index contributed by atoms with van der Waals surface area (Å²) in [6.07, 6.45) is 2.15. The molecule has 2 aromatic carbocycles. The maximum atomic E-state index is 14.0. The quantitative estimate of drug-likeness (QED) is 0.506. The first-order valence-electron chi connectivity index (χ1n) is 12.8.